The Morgan fingerprint density at radius 2 is 1.89 bits per heavy atom. The van der Waals surface area contributed by atoms with Crippen LogP contribution >= 0.6 is 0 Å². The lowest BCUT2D eigenvalue weighted by molar-refractivity contribution is -0.154. The molecule has 0 aliphatic carbocycles. The molecule has 2 N–H and O–H groups in total. The molecule has 1 fully saturated rings. The summed E-state index contributed by atoms with van der Waals surface area (Å²) >= 11 is 0. The number of aromatic nitrogens is 4. The summed E-state index contributed by atoms with van der Waals surface area (Å²) in [5.74, 6) is -3.25. The highest BCUT2D eigenvalue weighted by atomic mass is 19.4. The smallest absolute Gasteiger partial charge is 0.463 e. The van der Waals surface area contributed by atoms with Gasteiger partial charge in [-0.1, -0.05) is 13.8 Å². The minimum Gasteiger partial charge on any atom is -0.463 e. The number of nitrogen functional groups attached to an aromatic ring is 1. The number of ether oxygens (including phenoxy) is 4. The number of esters is 1. The van der Waals surface area contributed by atoms with Crippen LogP contribution in [0.15, 0.2) is 6.33 Å². The summed E-state index contributed by atoms with van der Waals surface area (Å²) in [6.45, 7) is 7.35. The standard InChI is InChI=1S/C20H25F4N5O6/c1-8(2)16(30)32-6-9-12(34-18(31)35-19(3,4)5)10(21)15(33-9)29-7-26-11-13(25)27-17(20(22,23)24)28-14(11)29/h7-10,12,15H,6H2,1-5H3,(H2,25,27,28)/t9-,10?,12+,15-/m1/s1. The molecule has 4 atom stereocenters. The maximum atomic E-state index is 15.6. The number of hydrogen-bond donors (Lipinski definition) is 1. The van der Waals surface area contributed by atoms with Gasteiger partial charge in [0, 0.05) is 0 Å². The van der Waals surface area contributed by atoms with Crippen molar-refractivity contribution in [2.24, 2.45) is 5.92 Å². The van der Waals surface area contributed by atoms with Gasteiger partial charge in [-0.15, -0.1) is 0 Å². The molecule has 2 aromatic heterocycles. The number of halogens is 4. The summed E-state index contributed by atoms with van der Waals surface area (Å²) in [5, 5.41) is 0. The van der Waals surface area contributed by atoms with Crippen LogP contribution in [0.1, 0.15) is 46.7 Å². The molecule has 11 nitrogen and oxygen atoms in total. The number of rotatable bonds is 5. The largest absolute Gasteiger partial charge is 0.509 e. The second-order valence-electron chi connectivity index (χ2n) is 9.10. The molecule has 0 radical (unpaired) electrons. The van der Waals surface area contributed by atoms with Crippen LogP contribution in [0, 0.1) is 5.92 Å². The first-order chi connectivity index (χ1) is 16.1. The van der Waals surface area contributed by atoms with Crippen LogP contribution in [0.25, 0.3) is 11.2 Å². The van der Waals surface area contributed by atoms with E-state index in [1.54, 1.807) is 34.6 Å². The third-order valence-electron chi connectivity index (χ3n) is 4.73. The molecule has 0 amide bonds. The van der Waals surface area contributed by atoms with Crippen molar-refractivity contribution >= 4 is 29.1 Å². The molecule has 1 unspecified atom stereocenters. The number of nitrogens with two attached hydrogens (primary N) is 1. The number of imidazole rings is 1. The van der Waals surface area contributed by atoms with E-state index >= 15 is 4.39 Å². The fourth-order valence-electron chi connectivity index (χ4n) is 3.16. The van der Waals surface area contributed by atoms with E-state index in [2.05, 4.69) is 15.0 Å². The number of anilines is 1. The number of nitrogens with zero attached hydrogens (tertiary/aromatic N) is 4. The van der Waals surface area contributed by atoms with Crippen LogP contribution in [-0.4, -0.2) is 62.2 Å². The van der Waals surface area contributed by atoms with Crippen LogP contribution < -0.4 is 5.73 Å². The Balaban J connectivity index is 1.95. The van der Waals surface area contributed by atoms with Crippen molar-refractivity contribution in [1.29, 1.82) is 0 Å². The molecule has 0 spiro atoms. The fraction of sp³-hybridized carbons (Fsp3) is 0.650. The lowest BCUT2D eigenvalue weighted by Gasteiger charge is -2.23. The Morgan fingerprint density at radius 3 is 2.46 bits per heavy atom. The van der Waals surface area contributed by atoms with E-state index in [-0.39, 0.29) is 5.52 Å². The molecule has 0 bridgehead atoms. The third-order valence-corrected chi connectivity index (χ3v) is 4.73. The molecule has 194 valence electrons. The highest BCUT2D eigenvalue weighted by Gasteiger charge is 2.50. The first-order valence-corrected chi connectivity index (χ1v) is 10.5. The van der Waals surface area contributed by atoms with E-state index in [0.29, 0.717) is 0 Å². The molecule has 0 aromatic carbocycles. The summed E-state index contributed by atoms with van der Waals surface area (Å²) in [6, 6.07) is 0. The zero-order valence-corrected chi connectivity index (χ0v) is 19.5. The van der Waals surface area contributed by atoms with Crippen molar-refractivity contribution < 1.29 is 46.1 Å². The fourth-order valence-corrected chi connectivity index (χ4v) is 3.16. The molecule has 1 aliphatic rings. The first-order valence-electron chi connectivity index (χ1n) is 10.5. The number of alkyl halides is 4. The van der Waals surface area contributed by atoms with Crippen molar-refractivity contribution in [3.63, 3.8) is 0 Å². The summed E-state index contributed by atoms with van der Waals surface area (Å²) in [4.78, 5) is 34.6. The molecule has 1 aliphatic heterocycles. The lowest BCUT2D eigenvalue weighted by atomic mass is 10.1. The van der Waals surface area contributed by atoms with Crippen LogP contribution in [0.2, 0.25) is 0 Å². The second-order valence-corrected chi connectivity index (χ2v) is 9.10. The minimum atomic E-state index is -4.93. The normalized spacial score (nSPS) is 23.0. The van der Waals surface area contributed by atoms with Crippen LogP contribution in [0.4, 0.5) is 28.2 Å². The average molecular weight is 507 g/mol. The number of fused-ring (bicyclic) bond motifs is 1. The Kier molecular flexibility index (Phi) is 7.11. The van der Waals surface area contributed by atoms with E-state index in [1.165, 1.54) is 0 Å². The predicted octanol–water partition coefficient (Wildman–Crippen LogP) is 3.18. The van der Waals surface area contributed by atoms with E-state index in [1.807, 2.05) is 0 Å². The van der Waals surface area contributed by atoms with Crippen LogP contribution in [0.3, 0.4) is 0 Å². The van der Waals surface area contributed by atoms with Gasteiger partial charge in [-0.3, -0.25) is 9.36 Å². The molecule has 3 heterocycles. The van der Waals surface area contributed by atoms with Gasteiger partial charge in [-0.2, -0.15) is 13.2 Å². The summed E-state index contributed by atoms with van der Waals surface area (Å²) in [6.07, 6.45) is -11.9. The second kappa shape index (κ2) is 9.43. The van der Waals surface area contributed by atoms with Gasteiger partial charge >= 0.3 is 18.3 Å². The van der Waals surface area contributed by atoms with E-state index in [9.17, 15) is 22.8 Å². The summed E-state index contributed by atoms with van der Waals surface area (Å²) in [7, 11) is 0. The van der Waals surface area contributed by atoms with Gasteiger partial charge in [-0.25, -0.2) is 24.1 Å². The van der Waals surface area contributed by atoms with Gasteiger partial charge in [0.1, 0.15) is 23.8 Å². The highest BCUT2D eigenvalue weighted by molar-refractivity contribution is 5.81. The molecule has 0 saturated carbocycles. The Morgan fingerprint density at radius 1 is 1.23 bits per heavy atom. The van der Waals surface area contributed by atoms with Gasteiger partial charge < -0.3 is 24.7 Å². The first kappa shape index (κ1) is 26.4. The molecular weight excluding hydrogens is 482 g/mol. The zero-order chi connectivity index (χ0) is 26.3. The Labute approximate surface area is 196 Å². The molecular formula is C20H25F4N5O6. The monoisotopic (exact) mass is 507 g/mol. The van der Waals surface area contributed by atoms with Gasteiger partial charge in [-0.05, 0) is 20.8 Å². The zero-order valence-electron chi connectivity index (χ0n) is 19.5. The van der Waals surface area contributed by atoms with Gasteiger partial charge in [0.2, 0.25) is 5.82 Å². The predicted molar refractivity (Wildman–Crippen MR) is 110 cm³/mol. The van der Waals surface area contributed by atoms with Gasteiger partial charge in [0.25, 0.3) is 0 Å². The Hall–Kier alpha value is -3.23. The van der Waals surface area contributed by atoms with E-state index in [4.69, 9.17) is 24.7 Å². The SMILES string of the molecule is CC(C)C(=O)OC[C@H]1O[C@@H](n2cnc3c(N)nc(C(F)(F)F)nc32)C(F)[C@H]1OC(=O)OC(C)(C)C. The summed E-state index contributed by atoms with van der Waals surface area (Å²) < 4.78 is 76.9. The molecule has 3 rings (SSSR count). The van der Waals surface area contributed by atoms with Crippen molar-refractivity contribution in [3.05, 3.63) is 12.2 Å². The van der Waals surface area contributed by atoms with Gasteiger partial charge in [0.15, 0.2) is 30.0 Å². The molecule has 15 heteroatoms. The van der Waals surface area contributed by atoms with E-state index in [0.717, 1.165) is 10.9 Å². The van der Waals surface area contributed by atoms with Crippen LogP contribution in [0.5, 0.6) is 0 Å². The topological polar surface area (TPSA) is 141 Å². The number of carbonyl (C=O) groups is 2. The van der Waals surface area contributed by atoms with Crippen molar-refractivity contribution in [3.8, 4) is 0 Å². The molecule has 1 saturated heterocycles. The quantitative estimate of drug-likeness (QED) is 0.474. The highest BCUT2D eigenvalue weighted by Crippen LogP contribution is 2.37. The molecule has 2 aromatic rings. The minimum absolute atomic E-state index is 0.215. The molecule has 35 heavy (non-hydrogen) atoms. The van der Waals surface area contributed by atoms with Crippen molar-refractivity contribution in [1.82, 2.24) is 19.5 Å². The maximum absolute atomic E-state index is 15.6. The number of hydrogen-bond acceptors (Lipinski definition) is 10. The third kappa shape index (κ3) is 5.89. The van der Waals surface area contributed by atoms with Crippen LogP contribution in [-0.2, 0) is 29.9 Å². The average Bonchev–Trinajstić information content (AvgIpc) is 3.26. The maximum Gasteiger partial charge on any atom is 0.509 e. The van der Waals surface area contributed by atoms with Crippen molar-refractivity contribution in [2.45, 2.75) is 71.0 Å². The summed E-state index contributed by atoms with van der Waals surface area (Å²) in [5.41, 5.74) is 3.96. The lowest BCUT2D eigenvalue weighted by Crippen LogP contribution is -2.38. The van der Waals surface area contributed by atoms with Gasteiger partial charge in [0.05, 0.1) is 12.2 Å². The van der Waals surface area contributed by atoms with Crippen molar-refractivity contribution in [2.75, 3.05) is 12.3 Å². The Bertz CT molecular complexity index is 1100. The van der Waals surface area contributed by atoms with E-state index < -0.39 is 78.3 Å². The number of carbonyl (C=O) groups excluding carboxylic acids is 2.